The van der Waals surface area contributed by atoms with Gasteiger partial charge in [0.15, 0.2) is 23.0 Å². The SMILES string of the molecule is CCNCC.COc1ccc(/C=C\c2cc(OC)c(OC)c(OC)c2)cc1OP(=O)(O)O. The highest BCUT2D eigenvalue weighted by atomic mass is 31.2. The smallest absolute Gasteiger partial charge is 0.493 e. The van der Waals surface area contributed by atoms with Crippen LogP contribution >= 0.6 is 7.82 Å². The van der Waals surface area contributed by atoms with Crippen molar-refractivity contribution in [3.05, 3.63) is 41.5 Å². The Morgan fingerprint density at radius 3 is 1.69 bits per heavy atom. The average Bonchev–Trinajstić information content (AvgIpc) is 2.76. The zero-order chi connectivity index (χ0) is 24.1. The fourth-order valence-electron chi connectivity index (χ4n) is 2.64. The van der Waals surface area contributed by atoms with Crippen molar-refractivity contribution >= 4 is 20.0 Å². The van der Waals surface area contributed by atoms with Gasteiger partial charge >= 0.3 is 7.82 Å². The molecule has 0 heterocycles. The van der Waals surface area contributed by atoms with Crippen molar-refractivity contribution in [1.29, 1.82) is 0 Å². The lowest BCUT2D eigenvalue weighted by Crippen LogP contribution is -2.09. The monoisotopic (exact) mass is 469 g/mol. The van der Waals surface area contributed by atoms with Crippen molar-refractivity contribution in [2.75, 3.05) is 41.5 Å². The third-order valence-corrected chi connectivity index (χ3v) is 4.49. The van der Waals surface area contributed by atoms with E-state index >= 15 is 0 Å². The minimum atomic E-state index is -4.71. The van der Waals surface area contributed by atoms with Gasteiger partial charge in [-0.15, -0.1) is 0 Å². The number of phosphoric acid groups is 1. The van der Waals surface area contributed by atoms with E-state index in [2.05, 4.69) is 23.7 Å². The van der Waals surface area contributed by atoms with Gasteiger partial charge in [-0.05, 0) is 48.5 Å². The molecular formula is C22H32NO8P. The van der Waals surface area contributed by atoms with Gasteiger partial charge in [0.2, 0.25) is 5.75 Å². The van der Waals surface area contributed by atoms with Crippen LogP contribution in [0.3, 0.4) is 0 Å². The molecule has 0 fully saturated rings. The van der Waals surface area contributed by atoms with Gasteiger partial charge in [0.1, 0.15) is 0 Å². The van der Waals surface area contributed by atoms with Crippen LogP contribution in [0.15, 0.2) is 30.3 Å². The summed E-state index contributed by atoms with van der Waals surface area (Å²) >= 11 is 0. The molecule has 0 bridgehead atoms. The normalized spacial score (nSPS) is 10.9. The van der Waals surface area contributed by atoms with E-state index in [0.29, 0.717) is 22.8 Å². The third kappa shape index (κ3) is 8.80. The Hall–Kier alpha value is -2.71. The lowest BCUT2D eigenvalue weighted by molar-refractivity contribution is 0.276. The van der Waals surface area contributed by atoms with E-state index in [4.69, 9.17) is 28.7 Å². The van der Waals surface area contributed by atoms with Crippen molar-refractivity contribution in [1.82, 2.24) is 5.32 Å². The number of rotatable bonds is 10. The van der Waals surface area contributed by atoms with E-state index < -0.39 is 7.82 Å². The maximum absolute atomic E-state index is 11.1. The van der Waals surface area contributed by atoms with Crippen LogP contribution in [0.1, 0.15) is 25.0 Å². The van der Waals surface area contributed by atoms with Gasteiger partial charge in [0.25, 0.3) is 0 Å². The summed E-state index contributed by atoms with van der Waals surface area (Å²) in [6.45, 7) is 6.39. The van der Waals surface area contributed by atoms with E-state index in [1.54, 1.807) is 36.4 Å². The number of hydrogen-bond donors (Lipinski definition) is 3. The van der Waals surface area contributed by atoms with Gasteiger partial charge < -0.3 is 28.8 Å². The average molecular weight is 469 g/mol. The summed E-state index contributed by atoms with van der Waals surface area (Å²) in [6.07, 6.45) is 3.53. The van der Waals surface area contributed by atoms with Crippen LogP contribution in [0.4, 0.5) is 0 Å². The van der Waals surface area contributed by atoms with Crippen LogP contribution in [0.5, 0.6) is 28.7 Å². The predicted octanol–water partition coefficient (Wildman–Crippen LogP) is 3.98. The third-order valence-electron chi connectivity index (χ3n) is 4.06. The van der Waals surface area contributed by atoms with Crippen molar-refractivity contribution in [2.24, 2.45) is 0 Å². The second kappa shape index (κ2) is 13.6. The van der Waals surface area contributed by atoms with Crippen LogP contribution in [-0.4, -0.2) is 51.3 Å². The molecule has 0 aliphatic heterocycles. The van der Waals surface area contributed by atoms with Crippen molar-refractivity contribution in [3.8, 4) is 28.7 Å². The molecule has 32 heavy (non-hydrogen) atoms. The molecule has 10 heteroatoms. The second-order valence-corrected chi connectivity index (χ2v) is 7.41. The number of nitrogens with one attached hydrogen (secondary N) is 1. The van der Waals surface area contributed by atoms with Crippen molar-refractivity contribution in [2.45, 2.75) is 13.8 Å². The summed E-state index contributed by atoms with van der Waals surface area (Å²) in [7, 11) is 1.26. The van der Waals surface area contributed by atoms with Crippen LogP contribution in [0.25, 0.3) is 12.2 Å². The molecule has 0 unspecified atom stereocenters. The molecule has 0 saturated carbocycles. The lowest BCUT2D eigenvalue weighted by atomic mass is 10.1. The minimum absolute atomic E-state index is 0.0575. The van der Waals surface area contributed by atoms with Gasteiger partial charge in [-0.1, -0.05) is 32.1 Å². The Bertz CT molecular complexity index is 899. The molecule has 2 aromatic carbocycles. The number of phosphoric ester groups is 1. The first-order chi connectivity index (χ1) is 15.2. The summed E-state index contributed by atoms with van der Waals surface area (Å²) in [5.41, 5.74) is 1.42. The molecule has 2 aromatic rings. The molecule has 9 nitrogen and oxygen atoms in total. The van der Waals surface area contributed by atoms with E-state index in [9.17, 15) is 4.57 Å². The van der Waals surface area contributed by atoms with E-state index in [1.165, 1.54) is 34.5 Å². The topological polar surface area (TPSA) is 116 Å². The molecule has 2 rings (SSSR count). The zero-order valence-corrected chi connectivity index (χ0v) is 20.1. The van der Waals surface area contributed by atoms with E-state index in [0.717, 1.165) is 18.7 Å². The maximum atomic E-state index is 11.1. The quantitative estimate of drug-likeness (QED) is 0.351. The number of hydrogen-bond acceptors (Lipinski definition) is 7. The van der Waals surface area contributed by atoms with Crippen LogP contribution in [-0.2, 0) is 4.57 Å². The molecule has 0 saturated heterocycles. The summed E-state index contributed by atoms with van der Waals surface area (Å²) in [6, 6.07) is 8.29. The molecule has 0 atom stereocenters. The summed E-state index contributed by atoms with van der Waals surface area (Å²) in [5, 5.41) is 3.11. The number of benzene rings is 2. The Morgan fingerprint density at radius 2 is 1.28 bits per heavy atom. The van der Waals surface area contributed by atoms with Gasteiger partial charge in [-0.3, -0.25) is 9.79 Å². The predicted molar refractivity (Wildman–Crippen MR) is 125 cm³/mol. The molecule has 3 N–H and O–H groups in total. The lowest BCUT2D eigenvalue weighted by Gasteiger charge is -2.13. The van der Waals surface area contributed by atoms with Crippen LogP contribution in [0, 0.1) is 0 Å². The Labute approximate surface area is 189 Å². The van der Waals surface area contributed by atoms with E-state index in [1.807, 2.05) is 0 Å². The van der Waals surface area contributed by atoms with E-state index in [-0.39, 0.29) is 11.5 Å². The fraction of sp³-hybridized carbons (Fsp3) is 0.364. The molecule has 0 radical (unpaired) electrons. The molecule has 0 aliphatic rings. The Kier molecular flexibility index (Phi) is 11.7. The van der Waals surface area contributed by atoms with Gasteiger partial charge in [-0.2, -0.15) is 0 Å². The summed E-state index contributed by atoms with van der Waals surface area (Å²) in [4.78, 5) is 18.1. The molecule has 0 spiro atoms. The van der Waals surface area contributed by atoms with Crippen molar-refractivity contribution < 1.29 is 37.8 Å². The first kappa shape index (κ1) is 27.3. The van der Waals surface area contributed by atoms with Crippen LogP contribution < -0.4 is 28.8 Å². The highest BCUT2D eigenvalue weighted by Gasteiger charge is 2.19. The highest BCUT2D eigenvalue weighted by Crippen LogP contribution is 2.42. The first-order valence-electron chi connectivity index (χ1n) is 9.84. The Morgan fingerprint density at radius 1 is 0.781 bits per heavy atom. The molecule has 0 amide bonds. The van der Waals surface area contributed by atoms with Crippen molar-refractivity contribution in [3.63, 3.8) is 0 Å². The fourth-order valence-corrected chi connectivity index (χ4v) is 3.04. The largest absolute Gasteiger partial charge is 0.524 e. The molecule has 0 aromatic heterocycles. The molecule has 0 aliphatic carbocycles. The molecular weight excluding hydrogens is 437 g/mol. The maximum Gasteiger partial charge on any atom is 0.524 e. The molecule has 178 valence electrons. The zero-order valence-electron chi connectivity index (χ0n) is 19.2. The highest BCUT2D eigenvalue weighted by molar-refractivity contribution is 7.46. The van der Waals surface area contributed by atoms with Gasteiger partial charge in [-0.25, -0.2) is 4.57 Å². The van der Waals surface area contributed by atoms with Gasteiger partial charge in [0.05, 0.1) is 28.4 Å². The summed E-state index contributed by atoms with van der Waals surface area (Å²) < 4.78 is 36.8. The minimum Gasteiger partial charge on any atom is -0.493 e. The Balaban J connectivity index is 0.000000920. The van der Waals surface area contributed by atoms with Crippen LogP contribution in [0.2, 0.25) is 0 Å². The number of methoxy groups -OCH3 is 4. The second-order valence-electron chi connectivity index (χ2n) is 6.24. The van der Waals surface area contributed by atoms with Gasteiger partial charge in [0, 0.05) is 0 Å². The first-order valence-corrected chi connectivity index (χ1v) is 11.4. The standard InChI is InChI=1S/C18H21O8P.C4H11N/c1-22-14-8-7-12(9-15(14)26-27(19,20)21)5-6-13-10-16(23-2)18(25-4)17(11-13)24-3;1-3-5-4-2/h5-11H,1-4H3,(H2,19,20,21);5H,3-4H2,1-2H3/b6-5-;. The number of ether oxygens (including phenoxy) is 4. The summed E-state index contributed by atoms with van der Waals surface area (Å²) in [5.74, 6) is 1.66.